The maximum atomic E-state index is 12.1. The summed E-state index contributed by atoms with van der Waals surface area (Å²) in [4.78, 5) is 4.53. The first-order chi connectivity index (χ1) is 12.5. The Hall–Kier alpha value is -1.76. The van der Waals surface area contributed by atoms with E-state index in [2.05, 4.69) is 27.2 Å². The van der Waals surface area contributed by atoms with Crippen LogP contribution in [0.1, 0.15) is 61.2 Å². The molecule has 1 aliphatic heterocycles. The molecule has 0 saturated carbocycles. The Balaban J connectivity index is 1.93. The second-order valence-electron chi connectivity index (χ2n) is 6.86. The summed E-state index contributed by atoms with van der Waals surface area (Å²) in [6.45, 7) is 4.70. The number of benzene rings is 1. The van der Waals surface area contributed by atoms with Gasteiger partial charge in [-0.25, -0.2) is 13.1 Å². The number of hydrogen-bond donors (Lipinski definition) is 2. The summed E-state index contributed by atoms with van der Waals surface area (Å²) < 4.78 is 27.0. The van der Waals surface area contributed by atoms with Gasteiger partial charge in [-0.2, -0.15) is 0 Å². The van der Waals surface area contributed by atoms with Gasteiger partial charge in [-0.05, 0) is 61.6 Å². The van der Waals surface area contributed by atoms with E-state index < -0.39 is 10.0 Å². The first-order valence-electron chi connectivity index (χ1n) is 9.27. The van der Waals surface area contributed by atoms with Gasteiger partial charge in [0.15, 0.2) is 0 Å². The average molecular weight is 374 g/mol. The van der Waals surface area contributed by atoms with E-state index in [1.165, 1.54) is 11.1 Å². The van der Waals surface area contributed by atoms with Crippen LogP contribution in [0.15, 0.2) is 42.6 Å². The zero-order valence-corrected chi connectivity index (χ0v) is 16.2. The largest absolute Gasteiger partial charge is 0.305 e. The standard InChI is InChI=1S/C20H27N3O2S/c1-3-13-26(24,25)23-15(2)17-10-9-16-7-6-12-22-20(18(16)14-17)19-8-4-5-11-21-19/h4-5,8-11,14-15,20,22-23H,3,6-7,12-13H2,1-2H3. The van der Waals surface area contributed by atoms with Crippen molar-refractivity contribution < 1.29 is 8.42 Å². The van der Waals surface area contributed by atoms with Crippen LogP contribution in [0.3, 0.4) is 0 Å². The minimum Gasteiger partial charge on any atom is -0.305 e. The lowest BCUT2D eigenvalue weighted by Crippen LogP contribution is -2.29. The van der Waals surface area contributed by atoms with Gasteiger partial charge in [-0.15, -0.1) is 0 Å². The third-order valence-electron chi connectivity index (χ3n) is 4.77. The molecule has 1 aromatic heterocycles. The lowest BCUT2D eigenvalue weighted by atomic mass is 9.93. The zero-order valence-electron chi connectivity index (χ0n) is 15.4. The highest BCUT2D eigenvalue weighted by molar-refractivity contribution is 7.89. The SMILES string of the molecule is CCCS(=O)(=O)NC(C)c1ccc2c(c1)C(c1ccccn1)NCCC2. The molecule has 2 aromatic rings. The van der Waals surface area contributed by atoms with Crippen molar-refractivity contribution in [3.63, 3.8) is 0 Å². The minimum absolute atomic E-state index is 0.0353. The van der Waals surface area contributed by atoms with E-state index in [1.54, 1.807) is 0 Å². The second-order valence-corrected chi connectivity index (χ2v) is 8.74. The molecule has 0 saturated heterocycles. The first kappa shape index (κ1) is 19.0. The Kier molecular flexibility index (Phi) is 6.06. The van der Waals surface area contributed by atoms with E-state index in [0.29, 0.717) is 6.42 Å². The van der Waals surface area contributed by atoms with Gasteiger partial charge < -0.3 is 5.32 Å². The molecule has 0 amide bonds. The summed E-state index contributed by atoms with van der Waals surface area (Å²) in [6.07, 6.45) is 4.51. The van der Waals surface area contributed by atoms with Crippen molar-refractivity contribution >= 4 is 10.0 Å². The van der Waals surface area contributed by atoms with Gasteiger partial charge in [-0.3, -0.25) is 4.98 Å². The van der Waals surface area contributed by atoms with Crippen LogP contribution in [0.2, 0.25) is 0 Å². The number of fused-ring (bicyclic) bond motifs is 1. The number of nitrogens with one attached hydrogen (secondary N) is 2. The van der Waals surface area contributed by atoms with Crippen LogP contribution in [0.4, 0.5) is 0 Å². The van der Waals surface area contributed by atoms with E-state index in [-0.39, 0.29) is 17.8 Å². The van der Waals surface area contributed by atoms with Gasteiger partial charge in [-0.1, -0.05) is 31.2 Å². The molecule has 3 rings (SSSR count). The normalized spacial score (nSPS) is 18.8. The maximum absolute atomic E-state index is 12.1. The Morgan fingerprint density at radius 3 is 2.88 bits per heavy atom. The third-order valence-corrected chi connectivity index (χ3v) is 6.42. The minimum atomic E-state index is -3.25. The molecule has 0 aliphatic carbocycles. The van der Waals surface area contributed by atoms with Gasteiger partial charge in [0.05, 0.1) is 17.5 Å². The molecule has 1 aromatic carbocycles. The lowest BCUT2D eigenvalue weighted by molar-refractivity contribution is 0.565. The van der Waals surface area contributed by atoms with Gasteiger partial charge in [0.1, 0.15) is 0 Å². The topological polar surface area (TPSA) is 71.1 Å². The number of hydrogen-bond acceptors (Lipinski definition) is 4. The molecule has 0 fully saturated rings. The van der Waals surface area contributed by atoms with Crippen LogP contribution in [0.5, 0.6) is 0 Å². The van der Waals surface area contributed by atoms with E-state index >= 15 is 0 Å². The van der Waals surface area contributed by atoms with Gasteiger partial charge in [0.2, 0.25) is 10.0 Å². The molecule has 0 spiro atoms. The van der Waals surface area contributed by atoms with Gasteiger partial charge >= 0.3 is 0 Å². The zero-order chi connectivity index (χ0) is 18.6. The molecular weight excluding hydrogens is 346 g/mol. The summed E-state index contributed by atoms with van der Waals surface area (Å²) in [5.41, 5.74) is 4.47. The average Bonchev–Trinajstić information content (AvgIpc) is 2.83. The van der Waals surface area contributed by atoms with Crippen molar-refractivity contribution in [2.45, 2.75) is 45.2 Å². The Labute approximate surface area is 156 Å². The number of pyridine rings is 1. The smallest absolute Gasteiger partial charge is 0.212 e. The van der Waals surface area contributed by atoms with Gasteiger partial charge in [0, 0.05) is 12.2 Å². The number of nitrogens with zero attached hydrogens (tertiary/aromatic N) is 1. The second kappa shape index (κ2) is 8.29. The molecule has 0 bridgehead atoms. The fourth-order valence-electron chi connectivity index (χ4n) is 3.49. The van der Waals surface area contributed by atoms with Crippen LogP contribution >= 0.6 is 0 Å². The summed E-state index contributed by atoms with van der Waals surface area (Å²) in [7, 11) is -3.25. The summed E-state index contributed by atoms with van der Waals surface area (Å²) in [6, 6.07) is 12.0. The van der Waals surface area contributed by atoms with Crippen LogP contribution < -0.4 is 10.0 Å². The van der Waals surface area contributed by atoms with Crippen LogP contribution in [0.25, 0.3) is 0 Å². The summed E-state index contributed by atoms with van der Waals surface area (Å²) >= 11 is 0. The Morgan fingerprint density at radius 2 is 2.15 bits per heavy atom. The third kappa shape index (κ3) is 4.50. The summed E-state index contributed by atoms with van der Waals surface area (Å²) in [5, 5.41) is 3.59. The predicted molar refractivity (Wildman–Crippen MR) is 104 cm³/mol. The van der Waals surface area contributed by atoms with Crippen molar-refractivity contribution in [1.82, 2.24) is 15.0 Å². The Morgan fingerprint density at radius 1 is 1.31 bits per heavy atom. The van der Waals surface area contributed by atoms with E-state index in [0.717, 1.165) is 30.6 Å². The fraction of sp³-hybridized carbons (Fsp3) is 0.450. The van der Waals surface area contributed by atoms with Crippen LogP contribution in [-0.4, -0.2) is 25.7 Å². The number of rotatable bonds is 6. The fourth-order valence-corrected chi connectivity index (χ4v) is 4.82. The first-order valence-corrected chi connectivity index (χ1v) is 10.9. The highest BCUT2D eigenvalue weighted by atomic mass is 32.2. The van der Waals surface area contributed by atoms with E-state index in [4.69, 9.17) is 0 Å². The molecule has 5 nitrogen and oxygen atoms in total. The van der Waals surface area contributed by atoms with Crippen molar-refractivity contribution in [2.24, 2.45) is 0 Å². The number of aromatic nitrogens is 1. The quantitative estimate of drug-likeness (QED) is 0.816. The molecule has 6 heteroatoms. The van der Waals surface area contributed by atoms with Crippen molar-refractivity contribution in [3.8, 4) is 0 Å². The predicted octanol–water partition coefficient (Wildman–Crippen LogP) is 3.10. The molecule has 2 unspecified atom stereocenters. The number of sulfonamides is 1. The molecule has 140 valence electrons. The molecule has 26 heavy (non-hydrogen) atoms. The monoisotopic (exact) mass is 373 g/mol. The summed E-state index contributed by atoms with van der Waals surface area (Å²) in [5.74, 6) is 0.153. The van der Waals surface area contributed by atoms with E-state index in [9.17, 15) is 8.42 Å². The molecule has 1 aliphatic rings. The molecule has 2 N–H and O–H groups in total. The maximum Gasteiger partial charge on any atom is 0.212 e. The Bertz CT molecular complexity index is 837. The molecular formula is C20H27N3O2S. The number of aryl methyl sites for hydroxylation is 1. The highest BCUT2D eigenvalue weighted by Gasteiger charge is 2.23. The van der Waals surface area contributed by atoms with Crippen molar-refractivity contribution in [2.75, 3.05) is 12.3 Å². The lowest BCUT2D eigenvalue weighted by Gasteiger charge is -2.21. The highest BCUT2D eigenvalue weighted by Crippen LogP contribution is 2.30. The van der Waals surface area contributed by atoms with Crippen LogP contribution in [-0.2, 0) is 16.4 Å². The van der Waals surface area contributed by atoms with Crippen LogP contribution in [0, 0.1) is 0 Å². The molecule has 2 heterocycles. The van der Waals surface area contributed by atoms with Gasteiger partial charge in [0.25, 0.3) is 0 Å². The molecule has 0 radical (unpaired) electrons. The van der Waals surface area contributed by atoms with Crippen molar-refractivity contribution in [1.29, 1.82) is 0 Å². The van der Waals surface area contributed by atoms with Crippen molar-refractivity contribution in [3.05, 3.63) is 65.0 Å². The van der Waals surface area contributed by atoms with E-state index in [1.807, 2.05) is 44.3 Å². The molecule has 2 atom stereocenters.